The summed E-state index contributed by atoms with van der Waals surface area (Å²) in [6, 6.07) is 9.73. The van der Waals surface area contributed by atoms with Crippen molar-refractivity contribution in [1.82, 2.24) is 15.1 Å². The Morgan fingerprint density at radius 1 is 1.03 bits per heavy atom. The van der Waals surface area contributed by atoms with E-state index in [9.17, 15) is 14.4 Å². The fourth-order valence-electron chi connectivity index (χ4n) is 4.21. The van der Waals surface area contributed by atoms with Crippen LogP contribution in [0.2, 0.25) is 0 Å². The average molecular weight is 412 g/mol. The molecule has 1 unspecified atom stereocenters. The third-order valence-corrected chi connectivity index (χ3v) is 6.04. The van der Waals surface area contributed by atoms with Gasteiger partial charge in [-0.05, 0) is 43.2 Å². The van der Waals surface area contributed by atoms with Crippen LogP contribution >= 0.6 is 0 Å². The molecule has 0 aliphatic carbocycles. The molecule has 2 aliphatic rings. The van der Waals surface area contributed by atoms with Crippen molar-refractivity contribution in [2.75, 3.05) is 32.7 Å². The number of nitrogens with one attached hydrogen (secondary N) is 1. The summed E-state index contributed by atoms with van der Waals surface area (Å²) in [5, 5.41) is 2.92. The summed E-state index contributed by atoms with van der Waals surface area (Å²) in [6.07, 6.45) is 7.35. The summed E-state index contributed by atoms with van der Waals surface area (Å²) in [5.41, 5.74) is 0.994. The van der Waals surface area contributed by atoms with Crippen LogP contribution in [-0.4, -0.2) is 60.2 Å². The predicted molar refractivity (Wildman–Crippen MR) is 117 cm³/mol. The molecular weight excluding hydrogens is 378 g/mol. The van der Waals surface area contributed by atoms with Crippen molar-refractivity contribution in [2.24, 2.45) is 11.8 Å². The SMILES string of the molecule is CC1CCCN(C(=O)CCNC(=O)C2CCN(C(=O)/C=C/c3ccccc3)CC2)C1. The van der Waals surface area contributed by atoms with Crippen LogP contribution in [0.25, 0.3) is 6.08 Å². The number of hydrogen-bond acceptors (Lipinski definition) is 3. The van der Waals surface area contributed by atoms with Crippen molar-refractivity contribution in [2.45, 2.75) is 39.0 Å². The van der Waals surface area contributed by atoms with Gasteiger partial charge in [0.2, 0.25) is 17.7 Å². The van der Waals surface area contributed by atoms with E-state index in [1.54, 1.807) is 11.0 Å². The van der Waals surface area contributed by atoms with E-state index >= 15 is 0 Å². The van der Waals surface area contributed by atoms with Gasteiger partial charge in [-0.3, -0.25) is 14.4 Å². The van der Waals surface area contributed by atoms with Gasteiger partial charge >= 0.3 is 0 Å². The molecule has 0 bridgehead atoms. The van der Waals surface area contributed by atoms with Gasteiger partial charge < -0.3 is 15.1 Å². The molecule has 1 N–H and O–H groups in total. The number of amides is 3. The lowest BCUT2D eigenvalue weighted by Crippen LogP contribution is -2.44. The second-order valence-electron chi connectivity index (χ2n) is 8.47. The van der Waals surface area contributed by atoms with Crippen LogP contribution in [0.4, 0.5) is 0 Å². The highest BCUT2D eigenvalue weighted by molar-refractivity contribution is 5.92. The van der Waals surface area contributed by atoms with Crippen molar-refractivity contribution >= 4 is 23.8 Å². The maximum atomic E-state index is 12.4. The molecular formula is C24H33N3O3. The van der Waals surface area contributed by atoms with Crippen LogP contribution in [0.1, 0.15) is 44.6 Å². The van der Waals surface area contributed by atoms with Gasteiger partial charge in [-0.15, -0.1) is 0 Å². The van der Waals surface area contributed by atoms with Crippen molar-refractivity contribution in [3.05, 3.63) is 42.0 Å². The monoisotopic (exact) mass is 411 g/mol. The molecule has 162 valence electrons. The average Bonchev–Trinajstić information content (AvgIpc) is 2.78. The summed E-state index contributed by atoms with van der Waals surface area (Å²) in [5.74, 6) is 0.596. The molecule has 2 fully saturated rings. The molecule has 1 aromatic carbocycles. The van der Waals surface area contributed by atoms with Gasteiger partial charge in [-0.2, -0.15) is 0 Å². The number of carbonyl (C=O) groups is 3. The van der Waals surface area contributed by atoms with E-state index in [-0.39, 0.29) is 23.6 Å². The quantitative estimate of drug-likeness (QED) is 0.732. The minimum absolute atomic E-state index is 0.00161. The number of benzene rings is 1. The summed E-state index contributed by atoms with van der Waals surface area (Å²) in [6.45, 7) is 5.40. The van der Waals surface area contributed by atoms with Gasteiger partial charge in [0.1, 0.15) is 0 Å². The summed E-state index contributed by atoms with van der Waals surface area (Å²) in [4.78, 5) is 40.8. The lowest BCUT2D eigenvalue weighted by Gasteiger charge is -2.31. The molecule has 1 aromatic rings. The van der Waals surface area contributed by atoms with E-state index in [4.69, 9.17) is 0 Å². The van der Waals surface area contributed by atoms with Gasteiger partial charge in [0, 0.05) is 51.1 Å². The first-order valence-corrected chi connectivity index (χ1v) is 11.1. The molecule has 0 spiro atoms. The van der Waals surface area contributed by atoms with Crippen LogP contribution in [0, 0.1) is 11.8 Å². The third-order valence-electron chi connectivity index (χ3n) is 6.04. The zero-order valence-electron chi connectivity index (χ0n) is 17.9. The van der Waals surface area contributed by atoms with Crippen LogP contribution < -0.4 is 5.32 Å². The van der Waals surface area contributed by atoms with E-state index in [1.807, 2.05) is 41.3 Å². The number of carbonyl (C=O) groups excluding carboxylic acids is 3. The van der Waals surface area contributed by atoms with Crippen molar-refractivity contribution < 1.29 is 14.4 Å². The Bertz CT molecular complexity index is 754. The molecule has 1 atom stereocenters. The van der Waals surface area contributed by atoms with Gasteiger partial charge in [0.05, 0.1) is 0 Å². The van der Waals surface area contributed by atoms with Gasteiger partial charge in [0.15, 0.2) is 0 Å². The zero-order chi connectivity index (χ0) is 21.3. The molecule has 6 nitrogen and oxygen atoms in total. The first-order chi connectivity index (χ1) is 14.5. The topological polar surface area (TPSA) is 69.7 Å². The number of hydrogen-bond donors (Lipinski definition) is 1. The molecule has 3 amide bonds. The van der Waals surface area contributed by atoms with Gasteiger partial charge in [-0.25, -0.2) is 0 Å². The van der Waals surface area contributed by atoms with Crippen LogP contribution in [-0.2, 0) is 14.4 Å². The largest absolute Gasteiger partial charge is 0.355 e. The minimum atomic E-state index is -0.0859. The Morgan fingerprint density at radius 2 is 1.77 bits per heavy atom. The molecule has 2 saturated heterocycles. The molecule has 2 heterocycles. The zero-order valence-corrected chi connectivity index (χ0v) is 17.9. The Morgan fingerprint density at radius 3 is 2.47 bits per heavy atom. The highest BCUT2D eigenvalue weighted by Crippen LogP contribution is 2.18. The number of likely N-dealkylation sites (tertiary alicyclic amines) is 2. The van der Waals surface area contributed by atoms with Crippen LogP contribution in [0.3, 0.4) is 0 Å². The Balaban J connectivity index is 1.35. The molecule has 6 heteroatoms. The van der Waals surface area contributed by atoms with Crippen molar-refractivity contribution in [3.63, 3.8) is 0 Å². The lowest BCUT2D eigenvalue weighted by atomic mass is 9.95. The fraction of sp³-hybridized carbons (Fsp3) is 0.542. The van der Waals surface area contributed by atoms with E-state index in [0.717, 1.165) is 25.1 Å². The molecule has 2 aliphatic heterocycles. The minimum Gasteiger partial charge on any atom is -0.355 e. The van der Waals surface area contributed by atoms with E-state index in [1.165, 1.54) is 6.42 Å². The summed E-state index contributed by atoms with van der Waals surface area (Å²) >= 11 is 0. The summed E-state index contributed by atoms with van der Waals surface area (Å²) in [7, 11) is 0. The molecule has 30 heavy (non-hydrogen) atoms. The fourth-order valence-corrected chi connectivity index (χ4v) is 4.21. The second-order valence-corrected chi connectivity index (χ2v) is 8.47. The maximum Gasteiger partial charge on any atom is 0.246 e. The number of nitrogens with zero attached hydrogens (tertiary/aromatic N) is 2. The van der Waals surface area contributed by atoms with Crippen molar-refractivity contribution in [1.29, 1.82) is 0 Å². The smallest absolute Gasteiger partial charge is 0.246 e. The lowest BCUT2D eigenvalue weighted by molar-refractivity contribution is -0.134. The molecule has 0 radical (unpaired) electrons. The van der Waals surface area contributed by atoms with E-state index in [0.29, 0.717) is 44.8 Å². The predicted octanol–water partition coefficient (Wildman–Crippen LogP) is 2.70. The molecule has 3 rings (SSSR count). The Labute approximate surface area is 179 Å². The first-order valence-electron chi connectivity index (χ1n) is 11.1. The Kier molecular flexibility index (Phi) is 8.05. The van der Waals surface area contributed by atoms with Gasteiger partial charge in [0.25, 0.3) is 0 Å². The summed E-state index contributed by atoms with van der Waals surface area (Å²) < 4.78 is 0. The Hall–Kier alpha value is -2.63. The first kappa shape index (κ1) is 22.1. The highest BCUT2D eigenvalue weighted by Gasteiger charge is 2.27. The highest BCUT2D eigenvalue weighted by atomic mass is 16.2. The van der Waals surface area contributed by atoms with Gasteiger partial charge in [-0.1, -0.05) is 37.3 Å². The molecule has 0 aromatic heterocycles. The third kappa shape index (κ3) is 6.44. The van der Waals surface area contributed by atoms with E-state index < -0.39 is 0 Å². The standard InChI is InChI=1S/C24H33N3O3/c1-19-6-5-15-27(18-19)23(29)11-14-25-24(30)21-12-16-26(17-13-21)22(28)10-9-20-7-3-2-4-8-20/h2-4,7-10,19,21H,5-6,11-18H2,1H3,(H,25,30)/b10-9+. The van der Waals surface area contributed by atoms with Crippen molar-refractivity contribution in [3.8, 4) is 0 Å². The number of rotatable bonds is 6. The second kappa shape index (κ2) is 11.0. The maximum absolute atomic E-state index is 12.4. The van der Waals surface area contributed by atoms with E-state index in [2.05, 4.69) is 12.2 Å². The van der Waals surface area contributed by atoms with Crippen LogP contribution in [0.15, 0.2) is 36.4 Å². The number of piperidine rings is 2. The van der Waals surface area contributed by atoms with Crippen LogP contribution in [0.5, 0.6) is 0 Å². The normalized spacial score (nSPS) is 20.4. The molecule has 0 saturated carbocycles.